The summed E-state index contributed by atoms with van der Waals surface area (Å²) in [7, 11) is 0. The lowest BCUT2D eigenvalue weighted by atomic mass is 11.2. The molecule has 0 aromatic heterocycles. The summed E-state index contributed by atoms with van der Waals surface area (Å²) in [6.07, 6.45) is 0. The topological polar surface area (TPSA) is 99.6 Å². The van der Waals surface area contributed by atoms with Gasteiger partial charge in [-0.15, -0.1) is 5.10 Å². The van der Waals surface area contributed by atoms with Crippen LogP contribution in [0.1, 0.15) is 0 Å². The molecular weight excluding hydrogens is 84.0 g/mol. The van der Waals surface area contributed by atoms with Gasteiger partial charge in [0.2, 0.25) is 0 Å². The van der Waals surface area contributed by atoms with E-state index in [-0.39, 0.29) is 6.02 Å². The van der Waals surface area contributed by atoms with Crippen LogP contribution in [0.2, 0.25) is 0 Å². The summed E-state index contributed by atoms with van der Waals surface area (Å²) < 4.78 is 0. The highest BCUT2D eigenvalue weighted by Crippen LogP contribution is 1.51. The fourth-order valence-corrected chi connectivity index (χ4v) is 0.0304. The molecule has 0 aromatic carbocycles. The molecule has 5 heteroatoms. The van der Waals surface area contributed by atoms with Crippen LogP contribution in [0.5, 0.6) is 0 Å². The van der Waals surface area contributed by atoms with Crippen LogP contribution >= 0.6 is 0 Å². The molecule has 6 heavy (non-hydrogen) atoms. The molecule has 0 unspecified atom stereocenters. The smallest absolute Gasteiger partial charge is 0.322 e. The zero-order chi connectivity index (χ0) is 4.99. The molecule has 0 aliphatic rings. The maximum atomic E-state index is 4.75. The zero-order valence-corrected chi connectivity index (χ0v) is 3.09. The highest BCUT2D eigenvalue weighted by atomic mass is 16.6. The van der Waals surface area contributed by atoms with Crippen LogP contribution < -0.4 is 17.5 Å². The Bertz CT molecular complexity index is 58.6. The summed E-state index contributed by atoms with van der Waals surface area (Å²) in [6.45, 7) is 0. The third-order valence-corrected chi connectivity index (χ3v) is 0.248. The van der Waals surface area contributed by atoms with E-state index >= 15 is 0 Å². The molecule has 0 fully saturated rings. The third-order valence-electron chi connectivity index (χ3n) is 0.248. The molecular formula is CH6N4O. The van der Waals surface area contributed by atoms with Crippen molar-refractivity contribution in [1.82, 2.24) is 0 Å². The zero-order valence-electron chi connectivity index (χ0n) is 3.09. The minimum atomic E-state index is -0.227. The van der Waals surface area contributed by atoms with Gasteiger partial charge in [0.05, 0.1) is 0 Å². The van der Waals surface area contributed by atoms with Crippen molar-refractivity contribution in [1.29, 1.82) is 0 Å². The van der Waals surface area contributed by atoms with Crippen molar-refractivity contribution in [2.75, 3.05) is 0 Å². The van der Waals surface area contributed by atoms with Gasteiger partial charge >= 0.3 is 6.02 Å². The second-order valence-corrected chi connectivity index (χ2v) is 0.585. The van der Waals surface area contributed by atoms with Gasteiger partial charge in [-0.25, -0.2) is 0 Å². The molecule has 0 bridgehead atoms. The van der Waals surface area contributed by atoms with Crippen molar-refractivity contribution in [3.63, 3.8) is 0 Å². The van der Waals surface area contributed by atoms with Crippen LogP contribution in [-0.2, 0) is 4.84 Å². The molecule has 0 spiro atoms. The molecule has 0 aliphatic heterocycles. The molecule has 0 radical (unpaired) electrons. The number of nitrogens with two attached hydrogens (primary N) is 3. The van der Waals surface area contributed by atoms with Gasteiger partial charge in [0.15, 0.2) is 0 Å². The van der Waals surface area contributed by atoms with Crippen LogP contribution in [0.4, 0.5) is 0 Å². The SMILES string of the molecule is NN=C(N)ON. The monoisotopic (exact) mass is 90.1 g/mol. The predicted octanol–water partition coefficient (Wildman–Crippen LogP) is -1.93. The second-order valence-electron chi connectivity index (χ2n) is 0.585. The first-order valence-electron chi connectivity index (χ1n) is 1.21. The normalized spacial score (nSPS) is 11.2. The first-order valence-corrected chi connectivity index (χ1v) is 1.21. The molecule has 0 atom stereocenters. The Morgan fingerprint density at radius 1 is 1.67 bits per heavy atom. The quantitative estimate of drug-likeness (QED) is 0.139. The van der Waals surface area contributed by atoms with E-state index in [2.05, 4.69) is 21.7 Å². The van der Waals surface area contributed by atoms with Crippen molar-refractivity contribution in [2.24, 2.45) is 22.6 Å². The van der Waals surface area contributed by atoms with Gasteiger partial charge < -0.3 is 16.4 Å². The third kappa shape index (κ3) is 1.36. The van der Waals surface area contributed by atoms with E-state index < -0.39 is 0 Å². The Labute approximate surface area is 34.7 Å². The second kappa shape index (κ2) is 2.28. The summed E-state index contributed by atoms with van der Waals surface area (Å²) in [5.41, 5.74) is 4.75. The highest BCUT2D eigenvalue weighted by Gasteiger charge is 1.77. The lowest BCUT2D eigenvalue weighted by Crippen LogP contribution is -2.21. The maximum absolute atomic E-state index is 4.75. The van der Waals surface area contributed by atoms with Crippen LogP contribution in [0.25, 0.3) is 0 Å². The minimum Gasteiger partial charge on any atom is -0.372 e. The maximum Gasteiger partial charge on any atom is 0.322 e. The van der Waals surface area contributed by atoms with E-state index in [1.54, 1.807) is 0 Å². The molecule has 0 aliphatic carbocycles. The number of hydrogen-bond donors (Lipinski definition) is 3. The largest absolute Gasteiger partial charge is 0.372 e. The molecule has 36 valence electrons. The summed E-state index contributed by atoms with van der Waals surface area (Å²) in [5, 5.41) is 2.85. The van der Waals surface area contributed by atoms with Gasteiger partial charge in [0.1, 0.15) is 0 Å². The number of hydrogen-bond acceptors (Lipinski definition) is 4. The Kier molecular flexibility index (Phi) is 1.91. The number of rotatable bonds is 0. The molecule has 0 amide bonds. The van der Waals surface area contributed by atoms with Gasteiger partial charge in [0, 0.05) is 0 Å². The van der Waals surface area contributed by atoms with E-state index in [1.807, 2.05) is 0 Å². The Morgan fingerprint density at radius 3 is 2.17 bits per heavy atom. The van der Waals surface area contributed by atoms with Gasteiger partial charge in [-0.3, -0.25) is 0 Å². The van der Waals surface area contributed by atoms with Crippen LogP contribution in [0.15, 0.2) is 5.10 Å². The molecule has 0 saturated heterocycles. The highest BCUT2D eigenvalue weighted by molar-refractivity contribution is 5.70. The number of nitrogens with zero attached hydrogens (tertiary/aromatic N) is 1. The molecule has 0 saturated carbocycles. The molecule has 6 N–H and O–H groups in total. The predicted molar refractivity (Wildman–Crippen MR) is 21.1 cm³/mol. The van der Waals surface area contributed by atoms with Crippen LogP contribution in [0, 0.1) is 0 Å². The first-order chi connectivity index (χ1) is 2.81. The minimum absolute atomic E-state index is 0.227. The van der Waals surface area contributed by atoms with E-state index in [1.165, 1.54) is 0 Å². The lowest BCUT2D eigenvalue weighted by Gasteiger charge is -1.87. The van der Waals surface area contributed by atoms with Crippen molar-refractivity contribution in [2.45, 2.75) is 0 Å². The fraction of sp³-hybridized carbons (Fsp3) is 0. The fourth-order valence-electron chi connectivity index (χ4n) is 0.0304. The van der Waals surface area contributed by atoms with E-state index in [4.69, 9.17) is 5.73 Å². The van der Waals surface area contributed by atoms with E-state index in [0.717, 1.165) is 0 Å². The van der Waals surface area contributed by atoms with Crippen molar-refractivity contribution >= 4 is 6.02 Å². The molecule has 0 aromatic rings. The van der Waals surface area contributed by atoms with Crippen molar-refractivity contribution < 1.29 is 4.84 Å². The van der Waals surface area contributed by atoms with Crippen molar-refractivity contribution in [3.05, 3.63) is 0 Å². The number of hydrazone groups is 1. The average molecular weight is 90.1 g/mol. The molecule has 5 nitrogen and oxygen atoms in total. The first kappa shape index (κ1) is 5.03. The van der Waals surface area contributed by atoms with Gasteiger partial charge in [-0.2, -0.15) is 5.90 Å². The molecule has 0 rings (SSSR count). The van der Waals surface area contributed by atoms with Crippen molar-refractivity contribution in [3.8, 4) is 0 Å². The van der Waals surface area contributed by atoms with Gasteiger partial charge in [-0.1, -0.05) is 0 Å². The van der Waals surface area contributed by atoms with Gasteiger partial charge in [0.25, 0.3) is 0 Å². The summed E-state index contributed by atoms with van der Waals surface area (Å²) in [6, 6.07) is -0.227. The van der Waals surface area contributed by atoms with E-state index in [0.29, 0.717) is 0 Å². The van der Waals surface area contributed by atoms with Crippen LogP contribution in [0.3, 0.4) is 0 Å². The average Bonchev–Trinajstić information content (AvgIpc) is 1.65. The lowest BCUT2D eigenvalue weighted by molar-refractivity contribution is 0.314. The molecule has 0 heterocycles. The Morgan fingerprint density at radius 2 is 2.17 bits per heavy atom. The Hall–Kier alpha value is -0.970. The van der Waals surface area contributed by atoms with Crippen LogP contribution in [-0.4, -0.2) is 6.02 Å². The van der Waals surface area contributed by atoms with Gasteiger partial charge in [-0.05, 0) is 0 Å². The number of amidine groups is 1. The van der Waals surface area contributed by atoms with E-state index in [9.17, 15) is 0 Å². The summed E-state index contributed by atoms with van der Waals surface area (Å²) in [4.78, 5) is 3.80. The standard InChI is InChI=1S/CH6N4O/c2-1(5-3)6-4/h3-4H2,(H2,2,5). The summed E-state index contributed by atoms with van der Waals surface area (Å²) in [5.74, 6) is 8.99. The summed E-state index contributed by atoms with van der Waals surface area (Å²) >= 11 is 0. The Balaban J connectivity index is 3.22.